The lowest BCUT2D eigenvalue weighted by Gasteiger charge is -2.28. The molecule has 1 aliphatic rings. The molecule has 0 aromatic heterocycles. The Balaban J connectivity index is 1.89. The number of nitro groups is 2. The molecular weight excluding hydrogens is 364 g/mol. The van der Waals surface area contributed by atoms with Crippen molar-refractivity contribution in [3.05, 3.63) is 67.8 Å². The van der Waals surface area contributed by atoms with Crippen molar-refractivity contribution in [2.75, 3.05) is 23.3 Å². The van der Waals surface area contributed by atoms with E-state index in [2.05, 4.69) is 5.32 Å². The predicted molar refractivity (Wildman–Crippen MR) is 105 cm³/mol. The van der Waals surface area contributed by atoms with Crippen LogP contribution in [0.2, 0.25) is 0 Å². The summed E-state index contributed by atoms with van der Waals surface area (Å²) in [5.41, 5.74) is 0.917. The maximum atomic E-state index is 12.6. The molecule has 3 rings (SSSR count). The van der Waals surface area contributed by atoms with Crippen molar-refractivity contribution in [1.29, 1.82) is 0 Å². The minimum atomic E-state index is -0.639. The summed E-state index contributed by atoms with van der Waals surface area (Å²) in [6.07, 6.45) is 3.03. The molecule has 0 radical (unpaired) electrons. The zero-order valence-electron chi connectivity index (χ0n) is 15.4. The van der Waals surface area contributed by atoms with Crippen molar-refractivity contribution in [3.8, 4) is 0 Å². The second kappa shape index (κ2) is 8.03. The van der Waals surface area contributed by atoms with E-state index in [1.807, 2.05) is 4.90 Å². The van der Waals surface area contributed by atoms with E-state index in [9.17, 15) is 25.0 Å². The van der Waals surface area contributed by atoms with E-state index in [1.165, 1.54) is 24.3 Å². The van der Waals surface area contributed by atoms with Gasteiger partial charge in [0, 0.05) is 30.8 Å². The molecule has 1 saturated heterocycles. The Morgan fingerprint density at radius 2 is 1.64 bits per heavy atom. The van der Waals surface area contributed by atoms with Crippen LogP contribution in [-0.4, -0.2) is 28.8 Å². The highest BCUT2D eigenvalue weighted by Crippen LogP contribution is 2.32. The number of piperidine rings is 1. The summed E-state index contributed by atoms with van der Waals surface area (Å²) in [5.74, 6) is -0.639. The third kappa shape index (κ3) is 4.08. The summed E-state index contributed by atoms with van der Waals surface area (Å²) in [6, 6.07) is 8.75. The van der Waals surface area contributed by atoms with Crippen molar-refractivity contribution in [2.24, 2.45) is 0 Å². The third-order valence-corrected chi connectivity index (χ3v) is 4.73. The number of hydrogen-bond donors (Lipinski definition) is 1. The van der Waals surface area contributed by atoms with Gasteiger partial charge in [-0.05, 0) is 49.9 Å². The highest BCUT2D eigenvalue weighted by Gasteiger charge is 2.24. The average Bonchev–Trinajstić information content (AvgIpc) is 2.69. The first-order valence-corrected chi connectivity index (χ1v) is 8.96. The summed E-state index contributed by atoms with van der Waals surface area (Å²) in [7, 11) is 0. The van der Waals surface area contributed by atoms with Crippen molar-refractivity contribution >= 4 is 28.7 Å². The van der Waals surface area contributed by atoms with Gasteiger partial charge in [-0.15, -0.1) is 0 Å². The summed E-state index contributed by atoms with van der Waals surface area (Å²) in [5, 5.41) is 25.2. The van der Waals surface area contributed by atoms with Crippen molar-refractivity contribution in [2.45, 2.75) is 26.2 Å². The van der Waals surface area contributed by atoms with Gasteiger partial charge in [0.2, 0.25) is 0 Å². The van der Waals surface area contributed by atoms with E-state index in [4.69, 9.17) is 0 Å². The summed E-state index contributed by atoms with van der Waals surface area (Å²) in [6.45, 7) is 3.19. The van der Waals surface area contributed by atoms with E-state index in [0.717, 1.165) is 32.4 Å². The third-order valence-electron chi connectivity index (χ3n) is 4.73. The molecule has 0 aliphatic carbocycles. The van der Waals surface area contributed by atoms with Gasteiger partial charge < -0.3 is 10.2 Å². The number of carbonyl (C=O) groups excluding carboxylic acids is 1. The van der Waals surface area contributed by atoms with Gasteiger partial charge in [-0.1, -0.05) is 6.07 Å². The van der Waals surface area contributed by atoms with Crippen molar-refractivity contribution < 1.29 is 14.6 Å². The number of nitro benzene ring substituents is 2. The second-order valence-electron chi connectivity index (χ2n) is 6.74. The Hall–Kier alpha value is -3.49. The van der Waals surface area contributed by atoms with Gasteiger partial charge in [-0.2, -0.15) is 0 Å². The summed E-state index contributed by atoms with van der Waals surface area (Å²) < 4.78 is 0. The van der Waals surface area contributed by atoms with Crippen LogP contribution in [0.25, 0.3) is 0 Å². The van der Waals surface area contributed by atoms with Crippen LogP contribution >= 0.6 is 0 Å². The lowest BCUT2D eigenvalue weighted by atomic mass is 10.1. The predicted octanol–water partition coefficient (Wildman–Crippen LogP) is 4.05. The zero-order chi connectivity index (χ0) is 20.3. The molecule has 1 N–H and O–H groups in total. The van der Waals surface area contributed by atoms with Crippen LogP contribution in [0.5, 0.6) is 0 Å². The van der Waals surface area contributed by atoms with Crippen LogP contribution < -0.4 is 10.2 Å². The molecule has 1 heterocycles. The molecule has 0 spiro atoms. The molecule has 0 saturated carbocycles. The number of anilines is 2. The highest BCUT2D eigenvalue weighted by atomic mass is 16.6. The number of rotatable bonds is 5. The second-order valence-corrected chi connectivity index (χ2v) is 6.74. The Morgan fingerprint density at radius 3 is 2.29 bits per heavy atom. The van der Waals surface area contributed by atoms with E-state index in [1.54, 1.807) is 19.1 Å². The quantitative estimate of drug-likeness (QED) is 0.613. The molecule has 1 aliphatic heterocycles. The fraction of sp³-hybridized carbons (Fsp3) is 0.316. The van der Waals surface area contributed by atoms with E-state index in [-0.39, 0.29) is 22.6 Å². The monoisotopic (exact) mass is 384 g/mol. The summed E-state index contributed by atoms with van der Waals surface area (Å²) in [4.78, 5) is 36.2. The first-order valence-electron chi connectivity index (χ1n) is 8.96. The molecule has 2 aromatic rings. The molecule has 9 heteroatoms. The summed E-state index contributed by atoms with van der Waals surface area (Å²) >= 11 is 0. The number of benzene rings is 2. The number of hydrogen-bond acceptors (Lipinski definition) is 6. The molecule has 28 heavy (non-hydrogen) atoms. The number of aryl methyl sites for hydroxylation is 1. The number of carbonyl (C=O) groups is 1. The van der Waals surface area contributed by atoms with Crippen LogP contribution in [0.1, 0.15) is 35.2 Å². The van der Waals surface area contributed by atoms with Crippen molar-refractivity contribution in [3.63, 3.8) is 0 Å². The first kappa shape index (κ1) is 19.3. The Kier molecular flexibility index (Phi) is 5.53. The standard InChI is InChI=1S/C19H20N4O5/c1-13-5-7-15(17(11-13)22(25)26)20-19(24)14-6-8-16(18(12-14)23(27)28)21-9-3-2-4-10-21/h5-8,11-12H,2-4,9-10H2,1H3,(H,20,24). The number of nitrogens with one attached hydrogen (secondary N) is 1. The molecule has 0 bridgehead atoms. The highest BCUT2D eigenvalue weighted by molar-refractivity contribution is 6.06. The van der Waals surface area contributed by atoms with E-state index < -0.39 is 15.8 Å². The fourth-order valence-corrected chi connectivity index (χ4v) is 3.31. The SMILES string of the molecule is Cc1ccc(NC(=O)c2ccc(N3CCCCC3)c([N+](=O)[O-])c2)c([N+](=O)[O-])c1. The van der Waals surface area contributed by atoms with Gasteiger partial charge in [-0.25, -0.2) is 0 Å². The lowest BCUT2D eigenvalue weighted by Crippen LogP contribution is -2.30. The van der Waals surface area contributed by atoms with Crippen molar-refractivity contribution in [1.82, 2.24) is 0 Å². The molecule has 2 aromatic carbocycles. The molecule has 0 unspecified atom stereocenters. The average molecular weight is 384 g/mol. The Morgan fingerprint density at radius 1 is 0.964 bits per heavy atom. The Bertz CT molecular complexity index is 938. The van der Waals surface area contributed by atoms with Crippen LogP contribution in [0.4, 0.5) is 22.7 Å². The van der Waals surface area contributed by atoms with Crippen LogP contribution in [0.15, 0.2) is 36.4 Å². The first-order chi connectivity index (χ1) is 13.4. The normalized spacial score (nSPS) is 13.8. The molecule has 1 fully saturated rings. The molecule has 1 amide bonds. The molecular formula is C19H20N4O5. The molecule has 0 atom stereocenters. The topological polar surface area (TPSA) is 119 Å². The van der Waals surface area contributed by atoms with Crippen LogP contribution in [0, 0.1) is 27.2 Å². The largest absolute Gasteiger partial charge is 0.366 e. The zero-order valence-corrected chi connectivity index (χ0v) is 15.4. The van der Waals surface area contributed by atoms with Crippen LogP contribution in [0.3, 0.4) is 0 Å². The Labute approximate surface area is 161 Å². The van der Waals surface area contributed by atoms with Crippen LogP contribution in [-0.2, 0) is 0 Å². The minimum absolute atomic E-state index is 0.0448. The smallest absolute Gasteiger partial charge is 0.293 e. The number of nitrogens with zero attached hydrogens (tertiary/aromatic N) is 3. The van der Waals surface area contributed by atoms with Gasteiger partial charge in [0.1, 0.15) is 11.4 Å². The fourth-order valence-electron chi connectivity index (χ4n) is 3.31. The van der Waals surface area contributed by atoms with E-state index in [0.29, 0.717) is 11.3 Å². The molecule has 9 nitrogen and oxygen atoms in total. The van der Waals surface area contributed by atoms with Gasteiger partial charge >= 0.3 is 0 Å². The van der Waals surface area contributed by atoms with E-state index >= 15 is 0 Å². The van der Waals surface area contributed by atoms with Gasteiger partial charge in [0.05, 0.1) is 9.85 Å². The van der Waals surface area contributed by atoms with Gasteiger partial charge in [0.25, 0.3) is 17.3 Å². The molecule has 146 valence electrons. The van der Waals surface area contributed by atoms with Gasteiger partial charge in [0.15, 0.2) is 0 Å². The number of amides is 1. The maximum Gasteiger partial charge on any atom is 0.293 e. The lowest BCUT2D eigenvalue weighted by molar-refractivity contribution is -0.384. The maximum absolute atomic E-state index is 12.6. The minimum Gasteiger partial charge on any atom is -0.366 e. The van der Waals surface area contributed by atoms with Gasteiger partial charge in [-0.3, -0.25) is 25.0 Å².